The van der Waals surface area contributed by atoms with E-state index < -0.39 is 0 Å². The van der Waals surface area contributed by atoms with Gasteiger partial charge >= 0.3 is 0 Å². The van der Waals surface area contributed by atoms with Crippen LogP contribution in [-0.4, -0.2) is 55.0 Å². The van der Waals surface area contributed by atoms with Gasteiger partial charge in [-0.25, -0.2) is 0 Å². The molecule has 1 aliphatic heterocycles. The average Bonchev–Trinajstić information content (AvgIpc) is 2.26. The number of hydrogen-bond donors (Lipinski definition) is 1. The number of hydrogen-bond acceptors (Lipinski definition) is 2. The molecule has 0 bridgehead atoms. The van der Waals surface area contributed by atoms with Crippen LogP contribution in [0.2, 0.25) is 0 Å². The summed E-state index contributed by atoms with van der Waals surface area (Å²) in [4.78, 5) is 9.03. The van der Waals surface area contributed by atoms with E-state index in [2.05, 4.69) is 35.6 Å². The summed E-state index contributed by atoms with van der Waals surface area (Å²) < 4.78 is 0. The second-order valence-electron chi connectivity index (χ2n) is 4.51. The van der Waals surface area contributed by atoms with Crippen molar-refractivity contribution in [3.8, 4) is 0 Å². The van der Waals surface area contributed by atoms with Gasteiger partial charge in [0.05, 0.1) is 0 Å². The molecule has 0 aliphatic carbocycles. The third-order valence-electron chi connectivity index (χ3n) is 2.76. The molecule has 0 amide bonds. The molecule has 0 unspecified atom stereocenters. The number of piperazine rings is 1. The number of aliphatic imine (C=N–C) groups is 1. The van der Waals surface area contributed by atoms with Gasteiger partial charge < -0.3 is 15.5 Å². The fraction of sp³-hybridized carbons (Fsp3) is 0.909. The van der Waals surface area contributed by atoms with Gasteiger partial charge in [0.25, 0.3) is 0 Å². The van der Waals surface area contributed by atoms with Crippen LogP contribution in [0.4, 0.5) is 0 Å². The summed E-state index contributed by atoms with van der Waals surface area (Å²) in [7, 11) is 0. The largest absolute Gasteiger partial charge is 0.370 e. The number of nitrogens with zero attached hydrogens (tertiary/aromatic N) is 3. The minimum atomic E-state index is 0.584. The van der Waals surface area contributed by atoms with Gasteiger partial charge in [-0.15, -0.1) is 0 Å². The average molecular weight is 212 g/mol. The first-order valence-electron chi connectivity index (χ1n) is 5.90. The van der Waals surface area contributed by atoms with Crippen LogP contribution in [0.3, 0.4) is 0 Å². The third-order valence-corrected chi connectivity index (χ3v) is 2.76. The number of rotatable bonds is 3. The summed E-state index contributed by atoms with van der Waals surface area (Å²) in [5.41, 5.74) is 5.94. The van der Waals surface area contributed by atoms with Crippen LogP contribution in [0.25, 0.3) is 0 Å². The van der Waals surface area contributed by atoms with Crippen LogP contribution in [0.5, 0.6) is 0 Å². The molecule has 15 heavy (non-hydrogen) atoms. The smallest absolute Gasteiger partial charge is 0.191 e. The Morgan fingerprint density at radius 2 is 1.87 bits per heavy atom. The lowest BCUT2D eigenvalue weighted by atomic mass is 10.2. The number of guanidine groups is 1. The molecular formula is C11H24N4. The van der Waals surface area contributed by atoms with Crippen molar-refractivity contribution in [2.24, 2.45) is 16.6 Å². The van der Waals surface area contributed by atoms with Crippen molar-refractivity contribution in [3.63, 3.8) is 0 Å². The van der Waals surface area contributed by atoms with Crippen molar-refractivity contribution < 1.29 is 0 Å². The molecule has 0 radical (unpaired) electrons. The third kappa shape index (κ3) is 4.08. The molecule has 88 valence electrons. The first kappa shape index (κ1) is 12.3. The second-order valence-corrected chi connectivity index (χ2v) is 4.51. The van der Waals surface area contributed by atoms with E-state index in [-0.39, 0.29) is 0 Å². The summed E-state index contributed by atoms with van der Waals surface area (Å²) in [5.74, 6) is 1.31. The number of nitrogens with two attached hydrogens (primary N) is 1. The van der Waals surface area contributed by atoms with E-state index in [0.717, 1.165) is 45.2 Å². The maximum atomic E-state index is 5.94. The Labute approximate surface area is 93.1 Å². The molecule has 0 aromatic heterocycles. The van der Waals surface area contributed by atoms with E-state index in [1.807, 2.05) is 0 Å². The van der Waals surface area contributed by atoms with Crippen molar-refractivity contribution in [1.29, 1.82) is 0 Å². The van der Waals surface area contributed by atoms with Crippen molar-refractivity contribution >= 4 is 5.96 Å². The highest BCUT2D eigenvalue weighted by Gasteiger charge is 2.16. The highest BCUT2D eigenvalue weighted by atomic mass is 15.3. The molecule has 1 aliphatic rings. The molecule has 4 nitrogen and oxygen atoms in total. The van der Waals surface area contributed by atoms with Crippen molar-refractivity contribution in [1.82, 2.24) is 9.80 Å². The maximum Gasteiger partial charge on any atom is 0.191 e. The summed E-state index contributed by atoms with van der Waals surface area (Å²) >= 11 is 0. The van der Waals surface area contributed by atoms with E-state index >= 15 is 0 Å². The zero-order valence-electron chi connectivity index (χ0n) is 10.2. The molecule has 1 heterocycles. The first-order chi connectivity index (χ1) is 7.13. The van der Waals surface area contributed by atoms with E-state index in [1.165, 1.54) is 0 Å². The van der Waals surface area contributed by atoms with Gasteiger partial charge in [-0.1, -0.05) is 20.8 Å². The standard InChI is InChI=1S/C11H24N4/c1-4-14-5-7-15(8-6-14)11(12)13-9-10(2)3/h10H,4-9H2,1-3H3,(H2,12,13). The Hall–Kier alpha value is -0.770. The molecule has 2 N–H and O–H groups in total. The molecule has 0 atom stereocenters. The summed E-state index contributed by atoms with van der Waals surface area (Å²) in [6.07, 6.45) is 0. The van der Waals surface area contributed by atoms with Crippen molar-refractivity contribution in [3.05, 3.63) is 0 Å². The molecule has 1 fully saturated rings. The Morgan fingerprint density at radius 1 is 1.27 bits per heavy atom. The molecule has 0 spiro atoms. The maximum absolute atomic E-state index is 5.94. The quantitative estimate of drug-likeness (QED) is 0.550. The van der Waals surface area contributed by atoms with Crippen LogP contribution in [0, 0.1) is 5.92 Å². The molecule has 0 aromatic rings. The minimum Gasteiger partial charge on any atom is -0.370 e. The molecule has 1 saturated heterocycles. The van der Waals surface area contributed by atoms with Crippen LogP contribution in [0.15, 0.2) is 4.99 Å². The Kier molecular flexibility index (Phi) is 4.88. The number of likely N-dealkylation sites (N-methyl/N-ethyl adjacent to an activating group) is 1. The van der Waals surface area contributed by atoms with Crippen LogP contribution >= 0.6 is 0 Å². The van der Waals surface area contributed by atoms with E-state index in [9.17, 15) is 0 Å². The minimum absolute atomic E-state index is 0.584. The Bertz CT molecular complexity index is 205. The van der Waals surface area contributed by atoms with Crippen molar-refractivity contribution in [2.75, 3.05) is 39.3 Å². The lowest BCUT2D eigenvalue weighted by Gasteiger charge is -2.34. The summed E-state index contributed by atoms with van der Waals surface area (Å²) in [6.45, 7) is 12.7. The van der Waals surface area contributed by atoms with Crippen LogP contribution in [-0.2, 0) is 0 Å². The van der Waals surface area contributed by atoms with E-state index in [4.69, 9.17) is 5.73 Å². The monoisotopic (exact) mass is 212 g/mol. The zero-order valence-corrected chi connectivity index (χ0v) is 10.2. The molecule has 4 heteroatoms. The molecule has 1 rings (SSSR count). The van der Waals surface area contributed by atoms with Gasteiger partial charge in [-0.3, -0.25) is 4.99 Å². The molecular weight excluding hydrogens is 188 g/mol. The molecule has 0 saturated carbocycles. The van der Waals surface area contributed by atoms with Crippen LogP contribution < -0.4 is 5.73 Å². The SMILES string of the molecule is CCN1CCN(C(N)=NCC(C)C)CC1. The van der Waals surface area contributed by atoms with Gasteiger partial charge in [0.15, 0.2) is 5.96 Å². The predicted molar refractivity (Wildman–Crippen MR) is 65.0 cm³/mol. The van der Waals surface area contributed by atoms with Gasteiger partial charge in [-0.05, 0) is 12.5 Å². The van der Waals surface area contributed by atoms with Gasteiger partial charge in [0.2, 0.25) is 0 Å². The fourth-order valence-electron chi connectivity index (χ4n) is 1.67. The summed E-state index contributed by atoms with van der Waals surface area (Å²) in [6, 6.07) is 0. The fourth-order valence-corrected chi connectivity index (χ4v) is 1.67. The summed E-state index contributed by atoms with van der Waals surface area (Å²) in [5, 5.41) is 0. The van der Waals surface area contributed by atoms with Crippen LogP contribution in [0.1, 0.15) is 20.8 Å². The van der Waals surface area contributed by atoms with Gasteiger partial charge in [0.1, 0.15) is 0 Å². The lowest BCUT2D eigenvalue weighted by molar-refractivity contribution is 0.188. The van der Waals surface area contributed by atoms with E-state index in [1.54, 1.807) is 0 Å². The predicted octanol–water partition coefficient (Wildman–Crippen LogP) is 0.595. The Balaban J connectivity index is 2.35. The van der Waals surface area contributed by atoms with Crippen molar-refractivity contribution in [2.45, 2.75) is 20.8 Å². The van der Waals surface area contributed by atoms with Gasteiger partial charge in [0, 0.05) is 32.7 Å². The zero-order chi connectivity index (χ0) is 11.3. The second kappa shape index (κ2) is 5.95. The normalized spacial score (nSPS) is 20.0. The highest BCUT2D eigenvalue weighted by molar-refractivity contribution is 5.78. The highest BCUT2D eigenvalue weighted by Crippen LogP contribution is 2.01. The van der Waals surface area contributed by atoms with Gasteiger partial charge in [-0.2, -0.15) is 0 Å². The van der Waals surface area contributed by atoms with E-state index in [0.29, 0.717) is 5.92 Å². The lowest BCUT2D eigenvalue weighted by Crippen LogP contribution is -2.51. The first-order valence-corrected chi connectivity index (χ1v) is 5.90. The Morgan fingerprint density at radius 3 is 2.33 bits per heavy atom. The molecule has 0 aromatic carbocycles. The topological polar surface area (TPSA) is 44.9 Å².